The van der Waals surface area contributed by atoms with Crippen molar-refractivity contribution in [3.63, 3.8) is 0 Å². The van der Waals surface area contributed by atoms with E-state index in [1.807, 2.05) is 13.0 Å². The Morgan fingerprint density at radius 1 is 1.24 bits per heavy atom. The molecule has 0 fully saturated rings. The molecule has 112 valence electrons. The van der Waals surface area contributed by atoms with Crippen LogP contribution in [0.4, 0.5) is 5.69 Å². The van der Waals surface area contributed by atoms with E-state index < -0.39 is 0 Å². The Morgan fingerprint density at radius 2 is 2.05 bits per heavy atom. The zero-order valence-electron chi connectivity index (χ0n) is 12.1. The number of anilines is 1. The molecule has 0 spiro atoms. The number of aromatic hydroxyl groups is 1. The predicted molar refractivity (Wildman–Crippen MR) is 79.3 cm³/mol. The first-order valence-corrected chi connectivity index (χ1v) is 6.75. The fraction of sp³-hybridized carbons (Fsp3) is 0.333. The quantitative estimate of drug-likeness (QED) is 0.754. The summed E-state index contributed by atoms with van der Waals surface area (Å²) in [7, 11) is 0. The number of aryl methyl sites for hydroxylation is 1. The lowest BCUT2D eigenvalue weighted by Crippen LogP contribution is -2.06. The molecule has 3 N–H and O–H groups in total. The summed E-state index contributed by atoms with van der Waals surface area (Å²) >= 11 is 0. The van der Waals surface area contributed by atoms with E-state index in [2.05, 4.69) is 15.3 Å². The summed E-state index contributed by atoms with van der Waals surface area (Å²) in [4.78, 5) is 8.18. The second-order valence-electron chi connectivity index (χ2n) is 4.53. The van der Waals surface area contributed by atoms with Crippen LogP contribution in [0.15, 0.2) is 24.5 Å². The zero-order valence-corrected chi connectivity index (χ0v) is 12.1. The van der Waals surface area contributed by atoms with E-state index in [0.717, 1.165) is 5.69 Å². The van der Waals surface area contributed by atoms with Crippen molar-refractivity contribution >= 4 is 5.69 Å². The van der Waals surface area contributed by atoms with Crippen LogP contribution in [0.2, 0.25) is 0 Å². The van der Waals surface area contributed by atoms with Gasteiger partial charge in [0.25, 0.3) is 0 Å². The van der Waals surface area contributed by atoms with E-state index in [1.165, 1.54) is 0 Å². The molecule has 0 bridgehead atoms. The molecule has 0 aromatic carbocycles. The molecule has 0 radical (unpaired) electrons. The van der Waals surface area contributed by atoms with E-state index in [9.17, 15) is 10.2 Å². The average molecular weight is 289 g/mol. The number of hydrogen-bond donors (Lipinski definition) is 3. The van der Waals surface area contributed by atoms with Gasteiger partial charge in [0.1, 0.15) is 5.75 Å². The molecule has 2 aromatic rings. The van der Waals surface area contributed by atoms with Gasteiger partial charge >= 0.3 is 0 Å². The van der Waals surface area contributed by atoms with Crippen LogP contribution in [0.25, 0.3) is 0 Å². The van der Waals surface area contributed by atoms with Crippen LogP contribution in [-0.2, 0) is 13.2 Å². The van der Waals surface area contributed by atoms with Gasteiger partial charge in [-0.15, -0.1) is 0 Å². The van der Waals surface area contributed by atoms with Crippen molar-refractivity contribution in [3.8, 4) is 11.6 Å². The first-order valence-electron chi connectivity index (χ1n) is 6.75. The number of nitrogens with one attached hydrogen (secondary N) is 1. The third-order valence-electron chi connectivity index (χ3n) is 3.10. The lowest BCUT2D eigenvalue weighted by Gasteiger charge is -2.13. The third kappa shape index (κ3) is 3.61. The molecule has 0 amide bonds. The van der Waals surface area contributed by atoms with Crippen LogP contribution in [0, 0.1) is 6.92 Å². The lowest BCUT2D eigenvalue weighted by atomic mass is 10.1. The van der Waals surface area contributed by atoms with Gasteiger partial charge in [-0.3, -0.25) is 4.98 Å². The molecule has 6 heteroatoms. The Balaban J connectivity index is 2.10. The first kappa shape index (κ1) is 15.1. The summed E-state index contributed by atoms with van der Waals surface area (Å²) in [6.07, 6.45) is 3.23. The molecule has 0 aliphatic heterocycles. The summed E-state index contributed by atoms with van der Waals surface area (Å²) in [6, 6.07) is 3.62. The third-order valence-corrected chi connectivity index (χ3v) is 3.10. The van der Waals surface area contributed by atoms with Gasteiger partial charge in [0.2, 0.25) is 5.88 Å². The first-order chi connectivity index (χ1) is 10.2. The van der Waals surface area contributed by atoms with Gasteiger partial charge in [0.05, 0.1) is 30.8 Å². The van der Waals surface area contributed by atoms with Crippen LogP contribution in [0.3, 0.4) is 0 Å². The molecule has 0 unspecified atom stereocenters. The van der Waals surface area contributed by atoms with Crippen molar-refractivity contribution in [3.05, 3.63) is 41.3 Å². The maximum atomic E-state index is 10.1. The van der Waals surface area contributed by atoms with E-state index >= 15 is 0 Å². The highest BCUT2D eigenvalue weighted by Gasteiger charge is 2.11. The van der Waals surface area contributed by atoms with Crippen molar-refractivity contribution in [2.24, 2.45) is 0 Å². The molecule has 0 saturated heterocycles. The maximum Gasteiger partial charge on any atom is 0.213 e. The summed E-state index contributed by atoms with van der Waals surface area (Å²) < 4.78 is 5.27. The molecule has 2 rings (SSSR count). The van der Waals surface area contributed by atoms with Crippen LogP contribution in [-0.4, -0.2) is 26.8 Å². The Bertz CT molecular complexity index is 600. The Morgan fingerprint density at radius 3 is 2.67 bits per heavy atom. The molecular weight excluding hydrogens is 270 g/mol. The molecule has 21 heavy (non-hydrogen) atoms. The Labute approximate surface area is 123 Å². The van der Waals surface area contributed by atoms with Gasteiger partial charge in [0, 0.05) is 29.9 Å². The van der Waals surface area contributed by atoms with Crippen LogP contribution >= 0.6 is 0 Å². The molecule has 0 atom stereocenters. The van der Waals surface area contributed by atoms with Crippen molar-refractivity contribution in [2.75, 3.05) is 11.9 Å². The number of aliphatic hydroxyl groups excluding tert-OH is 1. The maximum absolute atomic E-state index is 10.1. The number of aliphatic hydroxyl groups is 1. The van der Waals surface area contributed by atoms with Crippen LogP contribution in [0.1, 0.15) is 23.7 Å². The molecule has 2 heterocycles. The van der Waals surface area contributed by atoms with Crippen molar-refractivity contribution in [2.45, 2.75) is 27.0 Å². The highest BCUT2D eigenvalue weighted by molar-refractivity contribution is 5.47. The SMILES string of the molecule is CCOc1ccc(NCc2c(CO)cnc(C)c2O)cn1. The molecule has 0 aliphatic carbocycles. The number of ether oxygens (including phenoxy) is 1. The summed E-state index contributed by atoms with van der Waals surface area (Å²) in [5.41, 5.74) is 2.58. The highest BCUT2D eigenvalue weighted by atomic mass is 16.5. The topological polar surface area (TPSA) is 87.5 Å². The minimum atomic E-state index is -0.167. The monoisotopic (exact) mass is 289 g/mol. The highest BCUT2D eigenvalue weighted by Crippen LogP contribution is 2.25. The average Bonchev–Trinajstić information content (AvgIpc) is 2.50. The van der Waals surface area contributed by atoms with Crippen LogP contribution in [0.5, 0.6) is 11.6 Å². The predicted octanol–water partition coefficient (Wildman–Crippen LogP) is 1.99. The molecule has 2 aromatic heterocycles. The van der Waals surface area contributed by atoms with Crippen molar-refractivity contribution in [1.29, 1.82) is 0 Å². The minimum absolute atomic E-state index is 0.105. The zero-order chi connectivity index (χ0) is 15.2. The molecular formula is C15H19N3O3. The normalized spacial score (nSPS) is 10.4. The van der Waals surface area contributed by atoms with Crippen molar-refractivity contribution < 1.29 is 14.9 Å². The summed E-state index contributed by atoms with van der Waals surface area (Å²) in [6.45, 7) is 4.40. The largest absolute Gasteiger partial charge is 0.506 e. The molecule has 6 nitrogen and oxygen atoms in total. The van der Waals surface area contributed by atoms with E-state index in [0.29, 0.717) is 35.9 Å². The molecule has 0 aliphatic rings. The fourth-order valence-electron chi connectivity index (χ4n) is 1.93. The van der Waals surface area contributed by atoms with Gasteiger partial charge in [-0.1, -0.05) is 0 Å². The van der Waals surface area contributed by atoms with Gasteiger partial charge in [0.15, 0.2) is 0 Å². The number of pyridine rings is 2. The minimum Gasteiger partial charge on any atom is -0.506 e. The second kappa shape index (κ2) is 6.90. The summed E-state index contributed by atoms with van der Waals surface area (Å²) in [5, 5.41) is 22.5. The van der Waals surface area contributed by atoms with Crippen molar-refractivity contribution in [1.82, 2.24) is 9.97 Å². The van der Waals surface area contributed by atoms with E-state index in [1.54, 1.807) is 25.4 Å². The number of nitrogens with zero attached hydrogens (tertiary/aromatic N) is 2. The number of rotatable bonds is 6. The number of hydrogen-bond acceptors (Lipinski definition) is 6. The molecule has 0 saturated carbocycles. The second-order valence-corrected chi connectivity index (χ2v) is 4.53. The Hall–Kier alpha value is -2.34. The fourth-order valence-corrected chi connectivity index (χ4v) is 1.93. The van der Waals surface area contributed by atoms with Gasteiger partial charge in [-0.05, 0) is 19.9 Å². The van der Waals surface area contributed by atoms with Crippen LogP contribution < -0.4 is 10.1 Å². The van der Waals surface area contributed by atoms with E-state index in [4.69, 9.17) is 4.74 Å². The lowest BCUT2D eigenvalue weighted by molar-refractivity contribution is 0.279. The van der Waals surface area contributed by atoms with Gasteiger partial charge < -0.3 is 20.3 Å². The smallest absolute Gasteiger partial charge is 0.213 e. The standard InChI is InChI=1S/C15H19N3O3/c1-3-21-14-5-4-12(7-18-14)17-8-13-11(9-19)6-16-10(2)15(13)20/h4-7,17,19-20H,3,8-9H2,1-2H3. The van der Waals surface area contributed by atoms with Gasteiger partial charge in [-0.2, -0.15) is 0 Å². The number of aromatic nitrogens is 2. The van der Waals surface area contributed by atoms with E-state index in [-0.39, 0.29) is 12.4 Å². The van der Waals surface area contributed by atoms with Gasteiger partial charge in [-0.25, -0.2) is 4.98 Å². The Kier molecular flexibility index (Phi) is 4.94. The summed E-state index contributed by atoms with van der Waals surface area (Å²) in [5.74, 6) is 0.676.